The van der Waals surface area contributed by atoms with Gasteiger partial charge in [-0.3, -0.25) is 9.59 Å². The zero-order valence-electron chi connectivity index (χ0n) is 10.2. The number of rotatable bonds is 7. The van der Waals surface area contributed by atoms with E-state index in [-0.39, 0.29) is 24.2 Å². The van der Waals surface area contributed by atoms with Crippen molar-refractivity contribution in [3.05, 3.63) is 12.2 Å². The molecule has 0 aliphatic carbocycles. The normalized spacial score (nSPS) is 13.9. The molecule has 0 aromatic rings. The highest BCUT2D eigenvalue weighted by atomic mass is 16.4. The van der Waals surface area contributed by atoms with Crippen molar-refractivity contribution in [1.82, 2.24) is 5.32 Å². The number of hydrogen-bond acceptors (Lipinski definition) is 2. The molecule has 0 saturated heterocycles. The summed E-state index contributed by atoms with van der Waals surface area (Å²) in [5, 5.41) is 11.3. The molecule has 0 heterocycles. The molecule has 0 aromatic carbocycles. The second-order valence-corrected chi connectivity index (χ2v) is 4.51. The predicted molar refractivity (Wildman–Crippen MR) is 63.0 cm³/mol. The molecule has 92 valence electrons. The lowest BCUT2D eigenvalue weighted by Gasteiger charge is -2.14. The first-order valence-corrected chi connectivity index (χ1v) is 5.46. The summed E-state index contributed by atoms with van der Waals surface area (Å²) in [6.45, 7) is 9.69. The van der Waals surface area contributed by atoms with Crippen LogP contribution in [0.5, 0.6) is 0 Å². The lowest BCUT2D eigenvalue weighted by atomic mass is 10.0. The Kier molecular flexibility index (Phi) is 6.46. The fourth-order valence-electron chi connectivity index (χ4n) is 1.43. The summed E-state index contributed by atoms with van der Waals surface area (Å²) < 4.78 is 0. The number of amides is 1. The van der Waals surface area contributed by atoms with Gasteiger partial charge in [0.25, 0.3) is 0 Å². The minimum atomic E-state index is -0.836. The minimum Gasteiger partial charge on any atom is -0.481 e. The average molecular weight is 227 g/mol. The number of aliphatic carboxylic acids is 1. The summed E-state index contributed by atoms with van der Waals surface area (Å²) in [4.78, 5) is 22.0. The fourth-order valence-corrected chi connectivity index (χ4v) is 1.43. The lowest BCUT2D eigenvalue weighted by molar-refractivity contribution is -0.138. The molecular formula is C12H21NO3. The topological polar surface area (TPSA) is 66.4 Å². The van der Waals surface area contributed by atoms with Crippen molar-refractivity contribution in [2.75, 3.05) is 6.54 Å². The van der Waals surface area contributed by atoms with Gasteiger partial charge in [-0.15, -0.1) is 6.58 Å². The van der Waals surface area contributed by atoms with Crippen LogP contribution in [0.15, 0.2) is 12.2 Å². The van der Waals surface area contributed by atoms with Crippen LogP contribution in [0, 0.1) is 11.8 Å². The monoisotopic (exact) mass is 227 g/mol. The van der Waals surface area contributed by atoms with E-state index in [1.165, 1.54) is 0 Å². The quantitative estimate of drug-likeness (QED) is 0.652. The van der Waals surface area contributed by atoms with E-state index in [0.29, 0.717) is 13.0 Å². The molecule has 16 heavy (non-hydrogen) atoms. The highest BCUT2D eigenvalue weighted by molar-refractivity contribution is 5.78. The van der Waals surface area contributed by atoms with Crippen molar-refractivity contribution >= 4 is 11.9 Å². The lowest BCUT2D eigenvalue weighted by Crippen LogP contribution is -2.33. The summed E-state index contributed by atoms with van der Waals surface area (Å²) in [6, 6.07) is 0. The Bertz CT molecular complexity index is 273. The summed E-state index contributed by atoms with van der Waals surface area (Å²) in [5.41, 5.74) is 0.973. The summed E-state index contributed by atoms with van der Waals surface area (Å²) in [5.74, 6) is -1.02. The number of carboxylic acids is 1. The van der Waals surface area contributed by atoms with E-state index in [0.717, 1.165) is 5.57 Å². The van der Waals surface area contributed by atoms with Gasteiger partial charge in [0.05, 0.1) is 0 Å². The van der Waals surface area contributed by atoms with E-state index in [1.54, 1.807) is 6.92 Å². The summed E-state index contributed by atoms with van der Waals surface area (Å²) in [7, 11) is 0. The van der Waals surface area contributed by atoms with Crippen LogP contribution in [0.2, 0.25) is 0 Å². The third-order valence-electron chi connectivity index (χ3n) is 2.25. The Morgan fingerprint density at radius 1 is 1.31 bits per heavy atom. The zero-order valence-corrected chi connectivity index (χ0v) is 10.2. The van der Waals surface area contributed by atoms with E-state index in [1.807, 2.05) is 13.8 Å². The molecule has 0 aromatic heterocycles. The first-order chi connectivity index (χ1) is 7.32. The molecule has 0 radical (unpaired) electrons. The van der Waals surface area contributed by atoms with Crippen LogP contribution < -0.4 is 5.32 Å². The van der Waals surface area contributed by atoms with Gasteiger partial charge in [-0.2, -0.15) is 0 Å². The van der Waals surface area contributed by atoms with Gasteiger partial charge in [-0.25, -0.2) is 0 Å². The van der Waals surface area contributed by atoms with Gasteiger partial charge in [0.2, 0.25) is 5.91 Å². The number of carbonyl (C=O) groups is 2. The highest BCUT2D eigenvalue weighted by Crippen LogP contribution is 2.09. The molecule has 0 saturated carbocycles. The van der Waals surface area contributed by atoms with E-state index in [2.05, 4.69) is 11.9 Å². The first-order valence-electron chi connectivity index (χ1n) is 5.46. The Morgan fingerprint density at radius 3 is 2.31 bits per heavy atom. The van der Waals surface area contributed by atoms with Gasteiger partial charge in [0.1, 0.15) is 0 Å². The van der Waals surface area contributed by atoms with Gasteiger partial charge >= 0.3 is 5.97 Å². The van der Waals surface area contributed by atoms with Crippen LogP contribution >= 0.6 is 0 Å². The second-order valence-electron chi connectivity index (χ2n) is 4.51. The Morgan fingerprint density at radius 2 is 1.88 bits per heavy atom. The number of hydrogen-bond donors (Lipinski definition) is 2. The van der Waals surface area contributed by atoms with Crippen molar-refractivity contribution in [2.24, 2.45) is 11.8 Å². The standard InChI is InChI=1S/C12H21NO3/c1-8(2)5-10(4)12(16)13-7-9(3)6-11(14)15/h9-10H,1,5-7H2,2-4H3,(H,13,16)(H,14,15). The van der Waals surface area contributed by atoms with Crippen molar-refractivity contribution in [2.45, 2.75) is 33.6 Å². The zero-order chi connectivity index (χ0) is 12.7. The van der Waals surface area contributed by atoms with E-state index < -0.39 is 5.97 Å². The van der Waals surface area contributed by atoms with E-state index in [4.69, 9.17) is 5.11 Å². The molecule has 2 N–H and O–H groups in total. The molecular weight excluding hydrogens is 206 g/mol. The minimum absolute atomic E-state index is 0.0414. The first kappa shape index (κ1) is 14.7. The van der Waals surface area contributed by atoms with Crippen molar-refractivity contribution in [3.8, 4) is 0 Å². The SMILES string of the molecule is C=C(C)CC(C)C(=O)NCC(C)CC(=O)O. The molecule has 4 heteroatoms. The summed E-state index contributed by atoms with van der Waals surface area (Å²) >= 11 is 0. The number of allylic oxidation sites excluding steroid dienone is 1. The molecule has 0 fully saturated rings. The number of carboxylic acid groups (broad SMARTS) is 1. The average Bonchev–Trinajstić information content (AvgIpc) is 2.11. The number of carbonyl (C=O) groups excluding carboxylic acids is 1. The van der Waals surface area contributed by atoms with Crippen LogP contribution in [0.1, 0.15) is 33.6 Å². The van der Waals surface area contributed by atoms with Gasteiger partial charge in [0.15, 0.2) is 0 Å². The molecule has 0 aliphatic heterocycles. The highest BCUT2D eigenvalue weighted by Gasteiger charge is 2.14. The third kappa shape index (κ3) is 7.04. The molecule has 0 rings (SSSR count). The van der Waals surface area contributed by atoms with Crippen molar-refractivity contribution in [1.29, 1.82) is 0 Å². The van der Waals surface area contributed by atoms with Crippen LogP contribution in [0.25, 0.3) is 0 Å². The van der Waals surface area contributed by atoms with E-state index >= 15 is 0 Å². The Balaban J connectivity index is 3.88. The van der Waals surface area contributed by atoms with Crippen LogP contribution in [-0.4, -0.2) is 23.5 Å². The van der Waals surface area contributed by atoms with Crippen LogP contribution in [-0.2, 0) is 9.59 Å². The Labute approximate surface area is 96.7 Å². The molecule has 4 nitrogen and oxygen atoms in total. The Hall–Kier alpha value is -1.32. The maximum absolute atomic E-state index is 11.6. The van der Waals surface area contributed by atoms with Crippen LogP contribution in [0.4, 0.5) is 0 Å². The molecule has 2 atom stereocenters. The van der Waals surface area contributed by atoms with Crippen LogP contribution in [0.3, 0.4) is 0 Å². The fraction of sp³-hybridized carbons (Fsp3) is 0.667. The molecule has 1 amide bonds. The largest absolute Gasteiger partial charge is 0.481 e. The van der Waals surface area contributed by atoms with Crippen molar-refractivity contribution < 1.29 is 14.7 Å². The number of nitrogens with one attached hydrogen (secondary N) is 1. The van der Waals surface area contributed by atoms with Gasteiger partial charge in [0, 0.05) is 18.9 Å². The molecule has 0 aliphatic rings. The predicted octanol–water partition coefficient (Wildman–Crippen LogP) is 1.82. The maximum Gasteiger partial charge on any atom is 0.303 e. The second kappa shape index (κ2) is 7.04. The smallest absolute Gasteiger partial charge is 0.303 e. The molecule has 2 unspecified atom stereocenters. The van der Waals surface area contributed by atoms with E-state index in [9.17, 15) is 9.59 Å². The van der Waals surface area contributed by atoms with Gasteiger partial charge < -0.3 is 10.4 Å². The third-order valence-corrected chi connectivity index (χ3v) is 2.25. The molecule has 0 bridgehead atoms. The van der Waals surface area contributed by atoms with Gasteiger partial charge in [-0.1, -0.05) is 19.4 Å². The summed E-state index contributed by atoms with van der Waals surface area (Å²) in [6.07, 6.45) is 0.744. The van der Waals surface area contributed by atoms with Gasteiger partial charge in [-0.05, 0) is 19.3 Å². The maximum atomic E-state index is 11.6. The molecule has 0 spiro atoms. The van der Waals surface area contributed by atoms with Crippen molar-refractivity contribution in [3.63, 3.8) is 0 Å².